The van der Waals surface area contributed by atoms with Gasteiger partial charge in [0, 0.05) is 17.5 Å². The second-order valence-electron chi connectivity index (χ2n) is 5.31. The topological polar surface area (TPSA) is 33.6 Å². The van der Waals surface area contributed by atoms with Gasteiger partial charge in [0.25, 0.3) is 0 Å². The number of hydrogen-bond donors (Lipinski definition) is 1. The van der Waals surface area contributed by atoms with Gasteiger partial charge in [0.2, 0.25) is 0 Å². The van der Waals surface area contributed by atoms with Gasteiger partial charge in [-0.2, -0.15) is 0 Å². The molecule has 102 valence electrons. The zero-order valence-electron chi connectivity index (χ0n) is 10.9. The first-order valence-corrected chi connectivity index (χ1v) is 7.35. The molecule has 0 aliphatic carbocycles. The number of rotatable bonds is 3. The summed E-state index contributed by atoms with van der Waals surface area (Å²) in [6.07, 6.45) is 3.31. The molecule has 0 amide bonds. The molecule has 1 fully saturated rings. The van der Waals surface area contributed by atoms with E-state index in [4.69, 9.17) is 21.3 Å². The number of halogens is 1. The van der Waals surface area contributed by atoms with E-state index in [1.807, 2.05) is 18.2 Å². The molecular weight excluding hydrogens is 260 g/mol. The molecular formula is C15H19ClN2O. The Bertz CT molecular complexity index is 469. The third kappa shape index (κ3) is 3.28. The summed E-state index contributed by atoms with van der Waals surface area (Å²) in [7, 11) is 0. The van der Waals surface area contributed by atoms with Crippen LogP contribution in [0.4, 0.5) is 0 Å². The van der Waals surface area contributed by atoms with Gasteiger partial charge in [-0.15, -0.1) is 0 Å². The first-order chi connectivity index (χ1) is 9.31. The highest BCUT2D eigenvalue weighted by atomic mass is 35.5. The van der Waals surface area contributed by atoms with Crippen molar-refractivity contribution in [1.82, 2.24) is 5.32 Å². The van der Waals surface area contributed by atoms with Crippen LogP contribution in [0.2, 0.25) is 5.02 Å². The zero-order valence-corrected chi connectivity index (χ0v) is 11.7. The molecule has 1 aromatic carbocycles. The van der Waals surface area contributed by atoms with Crippen molar-refractivity contribution in [3.8, 4) is 0 Å². The van der Waals surface area contributed by atoms with Crippen LogP contribution < -0.4 is 5.32 Å². The van der Waals surface area contributed by atoms with Crippen molar-refractivity contribution >= 4 is 17.5 Å². The number of piperidine rings is 1. The Balaban J connectivity index is 1.62. The fraction of sp³-hybridized carbons (Fsp3) is 0.533. The van der Waals surface area contributed by atoms with Crippen molar-refractivity contribution in [1.29, 1.82) is 0 Å². The molecule has 2 aliphatic rings. The number of benzene rings is 1. The first kappa shape index (κ1) is 12.9. The van der Waals surface area contributed by atoms with E-state index < -0.39 is 0 Å². The number of ether oxygens (including phenoxy) is 1. The molecule has 0 saturated carbocycles. The molecule has 3 nitrogen and oxygen atoms in total. The van der Waals surface area contributed by atoms with Crippen LogP contribution in [0.3, 0.4) is 0 Å². The van der Waals surface area contributed by atoms with Gasteiger partial charge in [0.05, 0.1) is 6.04 Å². The Morgan fingerprint density at radius 1 is 1.42 bits per heavy atom. The summed E-state index contributed by atoms with van der Waals surface area (Å²) in [6, 6.07) is 8.25. The molecule has 2 aliphatic heterocycles. The second-order valence-corrected chi connectivity index (χ2v) is 5.75. The van der Waals surface area contributed by atoms with Crippen LogP contribution in [0.15, 0.2) is 29.3 Å². The van der Waals surface area contributed by atoms with E-state index in [-0.39, 0.29) is 6.04 Å². The first-order valence-electron chi connectivity index (χ1n) is 6.97. The normalized spacial score (nSPS) is 26.9. The maximum Gasteiger partial charge on any atom is 0.188 e. The van der Waals surface area contributed by atoms with Crippen molar-refractivity contribution in [3.05, 3.63) is 34.9 Å². The van der Waals surface area contributed by atoms with E-state index in [0.717, 1.165) is 30.4 Å². The number of aliphatic imine (C=N–C) groups is 1. The third-order valence-corrected chi connectivity index (χ3v) is 3.97. The lowest BCUT2D eigenvalue weighted by atomic mass is 9.99. The molecule has 2 unspecified atom stereocenters. The fourth-order valence-corrected chi connectivity index (χ4v) is 2.98. The van der Waals surface area contributed by atoms with Crippen LogP contribution in [-0.4, -0.2) is 31.6 Å². The molecule has 0 bridgehead atoms. The minimum absolute atomic E-state index is 0.246. The summed E-state index contributed by atoms with van der Waals surface area (Å²) in [5.41, 5.74) is 1.23. The van der Waals surface area contributed by atoms with Crippen molar-refractivity contribution in [3.63, 3.8) is 0 Å². The summed E-state index contributed by atoms with van der Waals surface area (Å²) in [6.45, 7) is 2.83. The van der Waals surface area contributed by atoms with Crippen LogP contribution in [-0.2, 0) is 11.2 Å². The van der Waals surface area contributed by atoms with Gasteiger partial charge in [0.15, 0.2) is 5.90 Å². The molecule has 1 aromatic rings. The van der Waals surface area contributed by atoms with Gasteiger partial charge in [-0.3, -0.25) is 0 Å². The molecule has 1 saturated heterocycles. The van der Waals surface area contributed by atoms with Crippen molar-refractivity contribution in [2.45, 2.75) is 25.3 Å². The fourth-order valence-electron chi connectivity index (χ4n) is 2.76. The number of nitrogens with one attached hydrogen (secondary N) is 1. The van der Waals surface area contributed by atoms with Gasteiger partial charge in [-0.05, 0) is 43.5 Å². The van der Waals surface area contributed by atoms with Crippen LogP contribution in [0.25, 0.3) is 0 Å². The van der Waals surface area contributed by atoms with Gasteiger partial charge < -0.3 is 10.1 Å². The van der Waals surface area contributed by atoms with Crippen LogP contribution in [0.5, 0.6) is 0 Å². The van der Waals surface area contributed by atoms with E-state index in [1.165, 1.54) is 18.4 Å². The van der Waals surface area contributed by atoms with E-state index in [9.17, 15) is 0 Å². The molecule has 0 spiro atoms. The van der Waals surface area contributed by atoms with Gasteiger partial charge in [-0.1, -0.05) is 23.7 Å². The number of hydrogen-bond acceptors (Lipinski definition) is 3. The quantitative estimate of drug-likeness (QED) is 0.922. The monoisotopic (exact) mass is 278 g/mol. The minimum atomic E-state index is 0.246. The van der Waals surface area contributed by atoms with Crippen LogP contribution in [0, 0.1) is 5.92 Å². The lowest BCUT2D eigenvalue weighted by Crippen LogP contribution is -2.34. The molecule has 2 atom stereocenters. The predicted octanol–water partition coefficient (Wildman–Crippen LogP) is 2.68. The second kappa shape index (κ2) is 5.93. The molecule has 3 rings (SSSR count). The lowest BCUT2D eigenvalue weighted by Gasteiger charge is -2.21. The Morgan fingerprint density at radius 3 is 3.16 bits per heavy atom. The Labute approximate surface area is 119 Å². The third-order valence-electron chi connectivity index (χ3n) is 3.74. The highest BCUT2D eigenvalue weighted by Crippen LogP contribution is 2.21. The highest BCUT2D eigenvalue weighted by molar-refractivity contribution is 6.30. The van der Waals surface area contributed by atoms with Crippen LogP contribution >= 0.6 is 11.6 Å². The predicted molar refractivity (Wildman–Crippen MR) is 77.9 cm³/mol. The zero-order chi connectivity index (χ0) is 13.1. The molecule has 19 heavy (non-hydrogen) atoms. The summed E-state index contributed by atoms with van der Waals surface area (Å²) in [4.78, 5) is 4.75. The largest absolute Gasteiger partial charge is 0.478 e. The highest BCUT2D eigenvalue weighted by Gasteiger charge is 2.27. The average molecular weight is 279 g/mol. The van der Waals surface area contributed by atoms with E-state index in [2.05, 4.69) is 11.4 Å². The number of nitrogens with zero attached hydrogens (tertiary/aromatic N) is 1. The van der Waals surface area contributed by atoms with Crippen molar-refractivity contribution < 1.29 is 4.74 Å². The Morgan fingerprint density at radius 2 is 2.37 bits per heavy atom. The van der Waals surface area contributed by atoms with Crippen LogP contribution in [0.1, 0.15) is 18.4 Å². The molecule has 4 heteroatoms. The lowest BCUT2D eigenvalue weighted by molar-refractivity contribution is 0.285. The smallest absolute Gasteiger partial charge is 0.188 e. The van der Waals surface area contributed by atoms with Gasteiger partial charge in [-0.25, -0.2) is 4.99 Å². The average Bonchev–Trinajstić information content (AvgIpc) is 2.88. The molecule has 1 N–H and O–H groups in total. The standard InChI is InChI=1S/C15H19ClN2O/c16-13-5-1-3-11(7-13)8-14-10-19-15(18-14)12-4-2-6-17-9-12/h1,3,5,7,12,14,17H,2,4,6,8-10H2. The summed E-state index contributed by atoms with van der Waals surface area (Å²) >= 11 is 6.01. The maximum absolute atomic E-state index is 6.01. The van der Waals surface area contributed by atoms with E-state index >= 15 is 0 Å². The van der Waals surface area contributed by atoms with Crippen molar-refractivity contribution in [2.24, 2.45) is 10.9 Å². The molecule has 0 radical (unpaired) electrons. The van der Waals surface area contributed by atoms with Crippen molar-refractivity contribution in [2.75, 3.05) is 19.7 Å². The van der Waals surface area contributed by atoms with Gasteiger partial charge >= 0.3 is 0 Å². The minimum Gasteiger partial charge on any atom is -0.478 e. The summed E-state index contributed by atoms with van der Waals surface area (Å²) in [5.74, 6) is 1.43. The SMILES string of the molecule is Clc1cccc(CC2COC(C3CCCNC3)=N2)c1. The molecule has 2 heterocycles. The molecule has 0 aromatic heterocycles. The van der Waals surface area contributed by atoms with E-state index in [0.29, 0.717) is 12.5 Å². The Hall–Kier alpha value is -1.06. The summed E-state index contributed by atoms with van der Waals surface area (Å²) in [5, 5.41) is 4.19. The van der Waals surface area contributed by atoms with Gasteiger partial charge in [0.1, 0.15) is 6.61 Å². The van der Waals surface area contributed by atoms with E-state index in [1.54, 1.807) is 0 Å². The summed E-state index contributed by atoms with van der Waals surface area (Å²) < 4.78 is 5.78. The maximum atomic E-state index is 6.01. The Kier molecular flexibility index (Phi) is 4.04.